The highest BCUT2D eigenvalue weighted by Crippen LogP contribution is 2.43. The Morgan fingerprint density at radius 1 is 0.491 bits per heavy atom. The summed E-state index contributed by atoms with van der Waals surface area (Å²) in [5.74, 6) is 4.07. The number of para-hydroxylation sites is 2. The maximum absolute atomic E-state index is 7.13. The number of hydrogen-bond donors (Lipinski definition) is 0. The molecule has 12 rings (SSSR count). The van der Waals surface area contributed by atoms with Gasteiger partial charge in [-0.3, -0.25) is 8.97 Å². The van der Waals surface area contributed by atoms with Gasteiger partial charge in [0.2, 0.25) is 0 Å². The van der Waals surface area contributed by atoms with Crippen LogP contribution in [0, 0.1) is 0 Å². The first-order valence-corrected chi connectivity index (χ1v) is 21.1. The van der Waals surface area contributed by atoms with Crippen LogP contribution < -0.4 is 30.2 Å². The Morgan fingerprint density at radius 2 is 1.21 bits per heavy atom. The molecule has 7 aromatic carbocycles. The van der Waals surface area contributed by atoms with Gasteiger partial charge in [0.1, 0.15) is 34.5 Å². The van der Waals surface area contributed by atoms with Crippen LogP contribution in [0.1, 0.15) is 0 Å². The van der Waals surface area contributed by atoms with Crippen LogP contribution in [0.25, 0.3) is 54.9 Å². The van der Waals surface area contributed by atoms with Gasteiger partial charge in [-0.1, -0.05) is 109 Å². The maximum Gasteiger partial charge on any atom is 0.188 e. The zero-order valence-electron chi connectivity index (χ0n) is 30.6. The Labute approximate surface area is 328 Å². The zero-order chi connectivity index (χ0) is 37.5. The highest BCUT2D eigenvalue weighted by atomic mass is 28.3. The van der Waals surface area contributed by atoms with Gasteiger partial charge < -0.3 is 9.47 Å². The van der Waals surface area contributed by atoms with E-state index >= 15 is 0 Å². The maximum atomic E-state index is 7.13. The number of aromatic nitrogens is 4. The second-order valence-electron chi connectivity index (χ2n) is 14.6. The Morgan fingerprint density at radius 3 is 2.02 bits per heavy atom. The molecule has 268 valence electrons. The van der Waals surface area contributed by atoms with Crippen molar-refractivity contribution in [3.8, 4) is 28.8 Å². The van der Waals surface area contributed by atoms with E-state index in [0.29, 0.717) is 0 Å². The molecule has 0 fully saturated rings. The monoisotopic (exact) mass is 748 g/mol. The molecular formula is C50H32N4O2Si. The van der Waals surface area contributed by atoms with Crippen LogP contribution in [-0.4, -0.2) is 27.0 Å². The molecule has 0 spiro atoms. The standard InChI is InChI=1S/C50H32N4O2Si/c1-3-13-35(14-4-1)57(36-15-5-2-6-16-36)45-20-10-9-19-44(45)56-49-46(57)27-26-42-48(49)39-25-23-34(32-43(39)54(42)47-21-11-12-28-51-47)55-33-22-24-37-38-17-7-8-18-41(38)53-30-29-52-50(53)40(37)31-33/h1-32H. The Hall–Kier alpha value is -7.48. The van der Waals surface area contributed by atoms with E-state index in [-0.39, 0.29) is 0 Å². The number of pyridine rings is 2. The van der Waals surface area contributed by atoms with Crippen molar-refractivity contribution >= 4 is 77.9 Å². The van der Waals surface area contributed by atoms with Crippen LogP contribution in [0.4, 0.5) is 0 Å². The normalized spacial score (nSPS) is 13.2. The first kappa shape index (κ1) is 31.8. The number of imidazole rings is 1. The van der Waals surface area contributed by atoms with Crippen molar-refractivity contribution in [2.45, 2.75) is 0 Å². The highest BCUT2D eigenvalue weighted by Gasteiger charge is 2.48. The largest absolute Gasteiger partial charge is 0.457 e. The van der Waals surface area contributed by atoms with Crippen molar-refractivity contribution in [2.24, 2.45) is 0 Å². The average Bonchev–Trinajstić information content (AvgIpc) is 3.91. The second-order valence-corrected chi connectivity index (χ2v) is 18.3. The predicted molar refractivity (Wildman–Crippen MR) is 233 cm³/mol. The van der Waals surface area contributed by atoms with Crippen LogP contribution in [0.5, 0.6) is 23.0 Å². The summed E-state index contributed by atoms with van der Waals surface area (Å²) in [6.07, 6.45) is 5.71. The number of fused-ring (bicyclic) bond motifs is 12. The summed E-state index contributed by atoms with van der Waals surface area (Å²) in [6, 6.07) is 62.3. The minimum atomic E-state index is -2.85. The summed E-state index contributed by atoms with van der Waals surface area (Å²) in [5.41, 5.74) is 4.02. The molecule has 5 heterocycles. The van der Waals surface area contributed by atoms with Crippen molar-refractivity contribution in [1.29, 1.82) is 0 Å². The fourth-order valence-corrected chi connectivity index (χ4v) is 14.2. The van der Waals surface area contributed by atoms with Crippen molar-refractivity contribution in [3.05, 3.63) is 195 Å². The molecule has 1 aliphatic heterocycles. The van der Waals surface area contributed by atoms with E-state index in [1.54, 1.807) is 0 Å². The zero-order valence-corrected chi connectivity index (χ0v) is 31.6. The van der Waals surface area contributed by atoms with Gasteiger partial charge in [-0.25, -0.2) is 9.97 Å². The lowest BCUT2D eigenvalue weighted by molar-refractivity contribution is 0.484. The Balaban J connectivity index is 1.10. The fourth-order valence-electron chi connectivity index (χ4n) is 9.29. The number of nitrogens with zero attached hydrogens (tertiary/aromatic N) is 4. The van der Waals surface area contributed by atoms with E-state index in [1.165, 1.54) is 26.1 Å². The van der Waals surface area contributed by atoms with Crippen molar-refractivity contribution in [1.82, 2.24) is 18.9 Å². The van der Waals surface area contributed by atoms with Gasteiger partial charge in [0.25, 0.3) is 0 Å². The van der Waals surface area contributed by atoms with Crippen molar-refractivity contribution in [2.75, 3.05) is 0 Å². The summed E-state index contributed by atoms with van der Waals surface area (Å²) in [7, 11) is -2.85. The average molecular weight is 749 g/mol. The van der Waals surface area contributed by atoms with Gasteiger partial charge in [0.15, 0.2) is 8.07 Å². The van der Waals surface area contributed by atoms with Crippen LogP contribution in [0.2, 0.25) is 0 Å². The first-order chi connectivity index (χ1) is 28.3. The molecule has 0 amide bonds. The summed E-state index contributed by atoms with van der Waals surface area (Å²) < 4.78 is 18.2. The SMILES string of the molecule is c1ccc([Si]2(c3ccccc3)c3ccccc3Oc3c2ccc2c3c3ccc(Oc4ccc5c6ccccc6n6ccnc6c5c4)cc3n2-c2ccccn2)cc1. The number of ether oxygens (including phenoxy) is 2. The van der Waals surface area contributed by atoms with Crippen LogP contribution >= 0.6 is 0 Å². The topological polar surface area (TPSA) is 53.6 Å². The molecule has 0 atom stereocenters. The minimum absolute atomic E-state index is 0.722. The molecule has 57 heavy (non-hydrogen) atoms. The quantitative estimate of drug-likeness (QED) is 0.130. The third-order valence-corrected chi connectivity index (χ3v) is 16.4. The lowest BCUT2D eigenvalue weighted by Crippen LogP contribution is -2.76. The fraction of sp³-hybridized carbons (Fsp3) is 0. The summed E-state index contributed by atoms with van der Waals surface area (Å²) in [6.45, 7) is 0. The minimum Gasteiger partial charge on any atom is -0.457 e. The third kappa shape index (κ3) is 4.57. The van der Waals surface area contributed by atoms with E-state index in [9.17, 15) is 0 Å². The molecule has 0 bridgehead atoms. The lowest BCUT2D eigenvalue weighted by atomic mass is 10.1. The molecule has 6 nitrogen and oxygen atoms in total. The Bertz CT molecular complexity index is 3320. The van der Waals surface area contributed by atoms with Gasteiger partial charge in [-0.15, -0.1) is 0 Å². The van der Waals surface area contributed by atoms with Gasteiger partial charge in [0.05, 0.1) is 21.9 Å². The van der Waals surface area contributed by atoms with E-state index < -0.39 is 8.07 Å². The molecule has 7 heteroatoms. The van der Waals surface area contributed by atoms with Crippen LogP contribution in [0.3, 0.4) is 0 Å². The summed E-state index contributed by atoms with van der Waals surface area (Å²) in [4.78, 5) is 9.61. The van der Waals surface area contributed by atoms with Gasteiger partial charge in [-0.2, -0.15) is 0 Å². The third-order valence-electron chi connectivity index (χ3n) is 11.6. The van der Waals surface area contributed by atoms with E-state index in [2.05, 4.69) is 167 Å². The molecule has 0 radical (unpaired) electrons. The number of hydrogen-bond acceptors (Lipinski definition) is 4. The van der Waals surface area contributed by atoms with E-state index in [1.807, 2.05) is 36.8 Å². The van der Waals surface area contributed by atoms with Gasteiger partial charge in [-0.05, 0) is 86.8 Å². The van der Waals surface area contributed by atoms with E-state index in [0.717, 1.165) is 72.6 Å². The van der Waals surface area contributed by atoms with Gasteiger partial charge in [0, 0.05) is 40.8 Å². The highest BCUT2D eigenvalue weighted by molar-refractivity contribution is 7.21. The van der Waals surface area contributed by atoms with Crippen LogP contribution in [0.15, 0.2) is 195 Å². The molecule has 0 unspecified atom stereocenters. The van der Waals surface area contributed by atoms with Crippen molar-refractivity contribution in [3.63, 3.8) is 0 Å². The molecule has 1 aliphatic rings. The lowest BCUT2D eigenvalue weighted by Gasteiger charge is -2.39. The molecule has 0 N–H and O–H groups in total. The van der Waals surface area contributed by atoms with Gasteiger partial charge >= 0.3 is 0 Å². The molecule has 0 saturated carbocycles. The van der Waals surface area contributed by atoms with E-state index in [4.69, 9.17) is 19.4 Å². The number of benzene rings is 7. The second kappa shape index (κ2) is 12.3. The molecule has 4 aromatic heterocycles. The molecule has 0 aliphatic carbocycles. The van der Waals surface area contributed by atoms with Crippen molar-refractivity contribution < 1.29 is 9.47 Å². The molecule has 0 saturated heterocycles. The molecular weight excluding hydrogens is 717 g/mol. The smallest absolute Gasteiger partial charge is 0.188 e. The van der Waals surface area contributed by atoms with Crippen LogP contribution in [-0.2, 0) is 0 Å². The Kier molecular flexibility index (Phi) is 6.85. The number of rotatable bonds is 5. The summed E-state index contributed by atoms with van der Waals surface area (Å²) >= 11 is 0. The molecule has 11 aromatic rings. The summed E-state index contributed by atoms with van der Waals surface area (Å²) in [5, 5.41) is 10.6. The first-order valence-electron chi connectivity index (χ1n) is 19.1. The predicted octanol–water partition coefficient (Wildman–Crippen LogP) is 9.41.